The van der Waals surface area contributed by atoms with Crippen molar-refractivity contribution in [2.75, 3.05) is 26.2 Å². The van der Waals surface area contributed by atoms with Crippen LogP contribution in [0.3, 0.4) is 0 Å². The van der Waals surface area contributed by atoms with Crippen LogP contribution in [0.4, 0.5) is 4.39 Å². The summed E-state index contributed by atoms with van der Waals surface area (Å²) in [6, 6.07) is 5.78. The summed E-state index contributed by atoms with van der Waals surface area (Å²) >= 11 is 0. The fraction of sp³-hybridized carbons (Fsp3) is 0.526. The highest BCUT2D eigenvalue weighted by Gasteiger charge is 2.31. The van der Waals surface area contributed by atoms with E-state index in [4.69, 9.17) is 0 Å². The van der Waals surface area contributed by atoms with Crippen molar-refractivity contribution in [1.29, 1.82) is 0 Å². The van der Waals surface area contributed by atoms with Crippen molar-refractivity contribution < 1.29 is 18.8 Å². The number of benzene rings is 1. The molecule has 2 saturated heterocycles. The van der Waals surface area contributed by atoms with E-state index in [1.807, 2.05) is 0 Å². The number of aryl methyl sites for hydroxylation is 1. The average Bonchev–Trinajstić information content (AvgIpc) is 2.92. The van der Waals surface area contributed by atoms with Gasteiger partial charge in [-0.15, -0.1) is 0 Å². The zero-order valence-corrected chi connectivity index (χ0v) is 14.7. The van der Waals surface area contributed by atoms with Crippen molar-refractivity contribution in [2.45, 2.75) is 38.1 Å². The summed E-state index contributed by atoms with van der Waals surface area (Å²) in [6.45, 7) is 2.23. The molecule has 1 aromatic carbocycles. The van der Waals surface area contributed by atoms with Crippen LogP contribution in [0.15, 0.2) is 24.3 Å². The molecule has 2 heterocycles. The Balaban J connectivity index is 1.48. The van der Waals surface area contributed by atoms with Gasteiger partial charge in [0.1, 0.15) is 11.9 Å². The van der Waals surface area contributed by atoms with E-state index in [9.17, 15) is 18.8 Å². The highest BCUT2D eigenvalue weighted by atomic mass is 19.1. The second-order valence-electron chi connectivity index (χ2n) is 6.84. The molecule has 0 saturated carbocycles. The van der Waals surface area contributed by atoms with Gasteiger partial charge in [0.25, 0.3) is 0 Å². The zero-order valence-electron chi connectivity index (χ0n) is 14.7. The fourth-order valence-corrected chi connectivity index (χ4v) is 3.47. The molecule has 2 aliphatic heterocycles. The Morgan fingerprint density at radius 2 is 1.77 bits per heavy atom. The van der Waals surface area contributed by atoms with Crippen molar-refractivity contribution in [1.82, 2.24) is 15.1 Å². The summed E-state index contributed by atoms with van der Waals surface area (Å²) in [5, 5.41) is 2.71. The third-order valence-electron chi connectivity index (χ3n) is 4.99. The summed E-state index contributed by atoms with van der Waals surface area (Å²) < 4.78 is 12.9. The SMILES string of the molecule is O=C1CCC(C(=O)N2CCCN(C(=O)CCc3ccc(F)cc3)CC2)N1. The smallest absolute Gasteiger partial charge is 0.245 e. The van der Waals surface area contributed by atoms with Crippen LogP contribution in [0, 0.1) is 5.82 Å². The Labute approximate surface area is 152 Å². The second-order valence-corrected chi connectivity index (χ2v) is 6.84. The van der Waals surface area contributed by atoms with E-state index in [0.717, 1.165) is 12.0 Å². The molecule has 140 valence electrons. The normalized spacial score (nSPS) is 20.7. The van der Waals surface area contributed by atoms with Gasteiger partial charge in [-0.1, -0.05) is 12.1 Å². The highest BCUT2D eigenvalue weighted by Crippen LogP contribution is 2.13. The maximum Gasteiger partial charge on any atom is 0.245 e. The van der Waals surface area contributed by atoms with Gasteiger partial charge in [-0.2, -0.15) is 0 Å². The van der Waals surface area contributed by atoms with Crippen LogP contribution in [-0.2, 0) is 20.8 Å². The van der Waals surface area contributed by atoms with Crippen LogP contribution in [0.25, 0.3) is 0 Å². The largest absolute Gasteiger partial charge is 0.344 e. The molecular weight excluding hydrogens is 337 g/mol. The van der Waals surface area contributed by atoms with Gasteiger partial charge < -0.3 is 15.1 Å². The van der Waals surface area contributed by atoms with E-state index >= 15 is 0 Å². The van der Waals surface area contributed by atoms with Crippen LogP contribution in [0.1, 0.15) is 31.2 Å². The topological polar surface area (TPSA) is 69.7 Å². The molecule has 3 rings (SSSR count). The number of nitrogens with one attached hydrogen (secondary N) is 1. The Bertz CT molecular complexity index is 677. The summed E-state index contributed by atoms with van der Waals surface area (Å²) in [4.78, 5) is 39.8. The first kappa shape index (κ1) is 18.4. The van der Waals surface area contributed by atoms with Gasteiger partial charge >= 0.3 is 0 Å². The second kappa shape index (κ2) is 8.29. The van der Waals surface area contributed by atoms with Crippen LogP contribution in [-0.4, -0.2) is 59.7 Å². The molecule has 3 amide bonds. The standard InChI is InChI=1S/C19H24FN3O3/c20-15-5-2-14(3-6-15)4-9-18(25)22-10-1-11-23(13-12-22)19(26)16-7-8-17(24)21-16/h2-3,5-6,16H,1,4,7-13H2,(H,21,24). The Kier molecular flexibility index (Phi) is 5.85. The molecule has 0 spiro atoms. The van der Waals surface area contributed by atoms with Gasteiger partial charge in [0.05, 0.1) is 0 Å². The number of rotatable bonds is 4. The van der Waals surface area contributed by atoms with Gasteiger partial charge in [-0.25, -0.2) is 4.39 Å². The minimum atomic E-state index is -0.414. The monoisotopic (exact) mass is 361 g/mol. The molecule has 0 aliphatic carbocycles. The van der Waals surface area contributed by atoms with Crippen LogP contribution in [0.2, 0.25) is 0 Å². The molecule has 1 N–H and O–H groups in total. The van der Waals surface area contributed by atoms with Crippen LogP contribution in [0.5, 0.6) is 0 Å². The third kappa shape index (κ3) is 4.59. The minimum absolute atomic E-state index is 0.0449. The van der Waals surface area contributed by atoms with Gasteiger partial charge in [0.2, 0.25) is 17.7 Å². The Morgan fingerprint density at radius 3 is 2.46 bits per heavy atom. The van der Waals surface area contributed by atoms with E-state index < -0.39 is 6.04 Å². The summed E-state index contributed by atoms with van der Waals surface area (Å²) in [7, 11) is 0. The fourth-order valence-electron chi connectivity index (χ4n) is 3.47. The van der Waals surface area contributed by atoms with Gasteiger partial charge in [0.15, 0.2) is 0 Å². The van der Waals surface area contributed by atoms with Gasteiger partial charge in [-0.05, 0) is 37.0 Å². The van der Waals surface area contributed by atoms with Crippen molar-refractivity contribution in [2.24, 2.45) is 0 Å². The lowest BCUT2D eigenvalue weighted by atomic mass is 10.1. The first-order valence-corrected chi connectivity index (χ1v) is 9.13. The lowest BCUT2D eigenvalue weighted by Gasteiger charge is -2.24. The highest BCUT2D eigenvalue weighted by molar-refractivity contribution is 5.90. The molecule has 2 fully saturated rings. The van der Waals surface area contributed by atoms with Crippen molar-refractivity contribution in [3.05, 3.63) is 35.6 Å². The third-order valence-corrected chi connectivity index (χ3v) is 4.99. The van der Waals surface area contributed by atoms with Gasteiger partial charge in [-0.3, -0.25) is 14.4 Å². The van der Waals surface area contributed by atoms with E-state index in [0.29, 0.717) is 51.9 Å². The Hall–Kier alpha value is -2.44. The first-order valence-electron chi connectivity index (χ1n) is 9.13. The number of carbonyl (C=O) groups excluding carboxylic acids is 3. The molecular formula is C19H24FN3O3. The van der Waals surface area contributed by atoms with Crippen LogP contribution < -0.4 is 5.32 Å². The molecule has 26 heavy (non-hydrogen) atoms. The van der Waals surface area contributed by atoms with E-state index in [1.165, 1.54) is 12.1 Å². The van der Waals surface area contributed by atoms with E-state index in [1.54, 1.807) is 21.9 Å². The summed E-state index contributed by atoms with van der Waals surface area (Å²) in [5.74, 6) is -0.346. The molecule has 6 nitrogen and oxygen atoms in total. The summed E-state index contributed by atoms with van der Waals surface area (Å²) in [5.41, 5.74) is 0.934. The zero-order chi connectivity index (χ0) is 18.5. The molecule has 1 aromatic rings. The van der Waals surface area contributed by atoms with Gasteiger partial charge in [0, 0.05) is 39.0 Å². The lowest BCUT2D eigenvalue weighted by Crippen LogP contribution is -2.46. The maximum atomic E-state index is 12.9. The van der Waals surface area contributed by atoms with Crippen molar-refractivity contribution in [3.8, 4) is 0 Å². The van der Waals surface area contributed by atoms with Crippen molar-refractivity contribution >= 4 is 17.7 Å². The van der Waals surface area contributed by atoms with E-state index in [-0.39, 0.29) is 23.5 Å². The maximum absolute atomic E-state index is 12.9. The lowest BCUT2D eigenvalue weighted by molar-refractivity contribution is -0.135. The quantitative estimate of drug-likeness (QED) is 0.873. The van der Waals surface area contributed by atoms with Crippen molar-refractivity contribution in [3.63, 3.8) is 0 Å². The minimum Gasteiger partial charge on any atom is -0.344 e. The molecule has 0 radical (unpaired) electrons. The molecule has 0 bridgehead atoms. The molecule has 7 heteroatoms. The first-order chi connectivity index (χ1) is 12.5. The predicted octanol–water partition coefficient (Wildman–Crippen LogP) is 1.10. The average molecular weight is 361 g/mol. The number of hydrogen-bond acceptors (Lipinski definition) is 3. The van der Waals surface area contributed by atoms with Crippen LogP contribution >= 0.6 is 0 Å². The number of carbonyl (C=O) groups is 3. The number of hydrogen-bond donors (Lipinski definition) is 1. The number of nitrogens with zero attached hydrogens (tertiary/aromatic N) is 2. The predicted molar refractivity (Wildman–Crippen MR) is 93.7 cm³/mol. The molecule has 0 aromatic heterocycles. The molecule has 2 aliphatic rings. The number of amides is 3. The Morgan fingerprint density at radius 1 is 1.08 bits per heavy atom. The molecule has 1 unspecified atom stereocenters. The van der Waals surface area contributed by atoms with E-state index in [2.05, 4.69) is 5.32 Å². The molecule has 1 atom stereocenters. The number of halogens is 1. The summed E-state index contributed by atoms with van der Waals surface area (Å²) in [6.07, 6.45) is 2.63.